The van der Waals surface area contributed by atoms with Crippen LogP contribution in [0, 0.1) is 11.3 Å². The second kappa shape index (κ2) is 8.65. The largest absolute Gasteiger partial charge is 0.462 e. The molecule has 0 fully saturated rings. The molecule has 1 amide bonds. The van der Waals surface area contributed by atoms with Gasteiger partial charge < -0.3 is 15.8 Å². The highest BCUT2D eigenvalue weighted by atomic mass is 32.2. The number of nitrogens with two attached hydrogens (primary N) is 1. The van der Waals surface area contributed by atoms with Crippen molar-refractivity contribution in [3.8, 4) is 6.07 Å². The molecule has 1 heterocycles. The number of ether oxygens (including phenoxy) is 1. The average molecular weight is 357 g/mol. The zero-order valence-electron chi connectivity index (χ0n) is 13.4. The first-order valence-corrected chi connectivity index (χ1v) is 8.24. The summed E-state index contributed by atoms with van der Waals surface area (Å²) in [6.07, 6.45) is 1.27. The lowest BCUT2D eigenvalue weighted by atomic mass is 10.2. The Balaban J connectivity index is 1.94. The lowest BCUT2D eigenvalue weighted by molar-refractivity contribution is -0.113. The number of anilines is 2. The Morgan fingerprint density at radius 1 is 1.44 bits per heavy atom. The van der Waals surface area contributed by atoms with Crippen molar-refractivity contribution in [1.82, 2.24) is 9.97 Å². The summed E-state index contributed by atoms with van der Waals surface area (Å²) in [5.41, 5.74) is 6.79. The van der Waals surface area contributed by atoms with Crippen molar-refractivity contribution in [3.05, 3.63) is 41.6 Å². The highest BCUT2D eigenvalue weighted by molar-refractivity contribution is 7.99. The molecule has 8 nitrogen and oxygen atoms in total. The molecule has 2 rings (SSSR count). The maximum atomic E-state index is 12.0. The first kappa shape index (κ1) is 18.2. The number of nitrogens with one attached hydrogen (secondary N) is 1. The summed E-state index contributed by atoms with van der Waals surface area (Å²) in [6, 6.07) is 8.59. The van der Waals surface area contributed by atoms with Crippen LogP contribution < -0.4 is 11.1 Å². The van der Waals surface area contributed by atoms with E-state index in [1.807, 2.05) is 6.07 Å². The summed E-state index contributed by atoms with van der Waals surface area (Å²) in [6.45, 7) is 1.91. The van der Waals surface area contributed by atoms with Crippen LogP contribution in [0.2, 0.25) is 0 Å². The summed E-state index contributed by atoms with van der Waals surface area (Å²) in [7, 11) is 0. The van der Waals surface area contributed by atoms with Crippen molar-refractivity contribution in [2.45, 2.75) is 12.1 Å². The molecule has 0 unspecified atom stereocenters. The van der Waals surface area contributed by atoms with Gasteiger partial charge in [-0.15, -0.1) is 0 Å². The quantitative estimate of drug-likeness (QED) is 0.455. The van der Waals surface area contributed by atoms with Gasteiger partial charge in [0.15, 0.2) is 5.16 Å². The van der Waals surface area contributed by atoms with Gasteiger partial charge in [0, 0.05) is 11.9 Å². The fourth-order valence-electron chi connectivity index (χ4n) is 1.81. The smallest absolute Gasteiger partial charge is 0.343 e. The van der Waals surface area contributed by atoms with E-state index in [0.717, 1.165) is 11.8 Å². The molecule has 128 valence electrons. The van der Waals surface area contributed by atoms with Crippen LogP contribution in [0.4, 0.5) is 11.5 Å². The third-order valence-corrected chi connectivity index (χ3v) is 3.76. The van der Waals surface area contributed by atoms with Gasteiger partial charge in [-0.3, -0.25) is 4.79 Å². The Morgan fingerprint density at radius 2 is 2.24 bits per heavy atom. The predicted octanol–water partition coefficient (Wildman–Crippen LogP) is 1.84. The second-order valence-corrected chi connectivity index (χ2v) is 5.64. The molecule has 25 heavy (non-hydrogen) atoms. The van der Waals surface area contributed by atoms with E-state index in [4.69, 9.17) is 15.7 Å². The average Bonchev–Trinajstić information content (AvgIpc) is 2.60. The molecule has 9 heteroatoms. The van der Waals surface area contributed by atoms with Gasteiger partial charge in [0.05, 0.1) is 24.0 Å². The summed E-state index contributed by atoms with van der Waals surface area (Å²) >= 11 is 1.07. The zero-order chi connectivity index (χ0) is 18.2. The molecule has 3 N–H and O–H groups in total. The Labute approximate surface area is 148 Å². The van der Waals surface area contributed by atoms with Crippen LogP contribution in [0.3, 0.4) is 0 Å². The number of carbonyl (C=O) groups excluding carboxylic acids is 2. The number of benzene rings is 1. The molecule has 0 atom stereocenters. The monoisotopic (exact) mass is 357 g/mol. The minimum atomic E-state index is -0.591. The van der Waals surface area contributed by atoms with Crippen molar-refractivity contribution in [3.63, 3.8) is 0 Å². The van der Waals surface area contributed by atoms with E-state index in [0.29, 0.717) is 11.3 Å². The van der Waals surface area contributed by atoms with Gasteiger partial charge in [0.25, 0.3) is 0 Å². The summed E-state index contributed by atoms with van der Waals surface area (Å²) in [5, 5.41) is 11.8. The number of thioether (sulfide) groups is 1. The molecule has 0 radical (unpaired) electrons. The molecule has 0 saturated carbocycles. The normalized spacial score (nSPS) is 9.92. The van der Waals surface area contributed by atoms with Gasteiger partial charge in [0.1, 0.15) is 11.4 Å². The van der Waals surface area contributed by atoms with Gasteiger partial charge in [0.2, 0.25) is 5.91 Å². The molecule has 0 saturated heterocycles. The first-order valence-electron chi connectivity index (χ1n) is 7.26. The van der Waals surface area contributed by atoms with Crippen LogP contribution in [0.5, 0.6) is 0 Å². The zero-order valence-corrected chi connectivity index (χ0v) is 14.2. The molecule has 1 aromatic heterocycles. The van der Waals surface area contributed by atoms with Crippen molar-refractivity contribution in [2.75, 3.05) is 23.4 Å². The topological polar surface area (TPSA) is 131 Å². The molecule has 0 spiro atoms. The number of amides is 1. The number of rotatable bonds is 6. The fraction of sp³-hybridized carbons (Fsp3) is 0.188. The Morgan fingerprint density at radius 3 is 2.92 bits per heavy atom. The van der Waals surface area contributed by atoms with Gasteiger partial charge in [-0.2, -0.15) is 5.26 Å². The van der Waals surface area contributed by atoms with Crippen molar-refractivity contribution in [1.29, 1.82) is 5.26 Å². The van der Waals surface area contributed by atoms with E-state index in [9.17, 15) is 9.59 Å². The summed E-state index contributed by atoms with van der Waals surface area (Å²) in [5.74, 6) is -0.823. The SMILES string of the molecule is CCOC(=O)c1cnc(SCC(=O)Nc2cccc(C#N)c2)nc1N. The van der Waals surface area contributed by atoms with Crippen LogP contribution in [0.1, 0.15) is 22.8 Å². The molecular formula is C16H15N5O3S. The second-order valence-electron chi connectivity index (χ2n) is 4.70. The standard InChI is InChI=1S/C16H15N5O3S/c1-2-24-15(23)12-8-19-16(21-14(12)18)25-9-13(22)20-11-5-3-4-10(6-11)7-17/h3-6,8H,2,9H2,1H3,(H,20,22)(H2,18,19,21). The highest BCUT2D eigenvalue weighted by Gasteiger charge is 2.14. The maximum absolute atomic E-state index is 12.0. The lowest BCUT2D eigenvalue weighted by Crippen LogP contribution is -2.15. The fourth-order valence-corrected chi connectivity index (χ4v) is 2.43. The van der Waals surface area contributed by atoms with E-state index in [1.54, 1.807) is 31.2 Å². The number of nitrogen functional groups attached to an aromatic ring is 1. The number of aromatic nitrogens is 2. The number of nitrogens with zero attached hydrogens (tertiary/aromatic N) is 3. The Bertz CT molecular complexity index is 835. The number of hydrogen-bond donors (Lipinski definition) is 2. The number of nitriles is 1. The molecule has 0 bridgehead atoms. The molecule has 0 aliphatic rings. The summed E-state index contributed by atoms with van der Waals surface area (Å²) in [4.78, 5) is 31.6. The Hall–Kier alpha value is -3.12. The van der Waals surface area contributed by atoms with Gasteiger partial charge in [-0.25, -0.2) is 14.8 Å². The predicted molar refractivity (Wildman–Crippen MR) is 92.9 cm³/mol. The van der Waals surface area contributed by atoms with E-state index in [2.05, 4.69) is 15.3 Å². The van der Waals surface area contributed by atoms with Crippen LogP contribution in [0.25, 0.3) is 0 Å². The van der Waals surface area contributed by atoms with Crippen molar-refractivity contribution < 1.29 is 14.3 Å². The number of carbonyl (C=O) groups is 2. The van der Waals surface area contributed by atoms with E-state index in [-0.39, 0.29) is 34.8 Å². The third kappa shape index (κ3) is 5.19. The van der Waals surface area contributed by atoms with Gasteiger partial charge in [-0.1, -0.05) is 17.8 Å². The molecular weight excluding hydrogens is 342 g/mol. The maximum Gasteiger partial charge on any atom is 0.343 e. The van der Waals surface area contributed by atoms with Gasteiger partial charge in [-0.05, 0) is 25.1 Å². The molecule has 1 aromatic carbocycles. The summed E-state index contributed by atoms with van der Waals surface area (Å²) < 4.78 is 4.84. The van der Waals surface area contributed by atoms with E-state index < -0.39 is 5.97 Å². The van der Waals surface area contributed by atoms with E-state index in [1.165, 1.54) is 6.20 Å². The third-order valence-electron chi connectivity index (χ3n) is 2.90. The van der Waals surface area contributed by atoms with Crippen LogP contribution in [0.15, 0.2) is 35.6 Å². The minimum Gasteiger partial charge on any atom is -0.462 e. The first-order chi connectivity index (χ1) is 12.0. The van der Waals surface area contributed by atoms with Crippen LogP contribution >= 0.6 is 11.8 Å². The van der Waals surface area contributed by atoms with Crippen molar-refractivity contribution in [2.24, 2.45) is 0 Å². The highest BCUT2D eigenvalue weighted by Crippen LogP contribution is 2.18. The molecule has 0 aliphatic heterocycles. The van der Waals surface area contributed by atoms with Gasteiger partial charge >= 0.3 is 5.97 Å². The van der Waals surface area contributed by atoms with E-state index >= 15 is 0 Å². The molecule has 2 aromatic rings. The number of esters is 1. The Kier molecular flexibility index (Phi) is 6.31. The van der Waals surface area contributed by atoms with Crippen LogP contribution in [-0.4, -0.2) is 34.2 Å². The number of hydrogen-bond acceptors (Lipinski definition) is 8. The molecule has 0 aliphatic carbocycles. The lowest BCUT2D eigenvalue weighted by Gasteiger charge is -2.07. The van der Waals surface area contributed by atoms with Crippen LogP contribution in [-0.2, 0) is 9.53 Å². The van der Waals surface area contributed by atoms with Crippen molar-refractivity contribution >= 4 is 35.1 Å². The minimum absolute atomic E-state index is 0.00178.